The molecule has 1 aliphatic heterocycles. The van der Waals surface area contributed by atoms with Gasteiger partial charge in [0.25, 0.3) is 0 Å². The predicted molar refractivity (Wildman–Crippen MR) is 85.1 cm³/mol. The van der Waals surface area contributed by atoms with Gasteiger partial charge in [0.05, 0.1) is 22.8 Å². The molecule has 1 aliphatic rings. The predicted octanol–water partition coefficient (Wildman–Crippen LogP) is 2.59. The number of carbonyl (C=O) groups is 1. The van der Waals surface area contributed by atoms with Crippen LogP contribution in [0.3, 0.4) is 0 Å². The van der Waals surface area contributed by atoms with Gasteiger partial charge in [0.1, 0.15) is 0 Å². The molecule has 1 saturated heterocycles. The van der Waals surface area contributed by atoms with E-state index in [-0.39, 0.29) is 17.9 Å². The highest BCUT2D eigenvalue weighted by molar-refractivity contribution is 6.42. The van der Waals surface area contributed by atoms with E-state index in [9.17, 15) is 4.79 Å². The smallest absolute Gasteiger partial charge is 0.216 e. The van der Waals surface area contributed by atoms with Crippen molar-refractivity contribution in [1.82, 2.24) is 10.6 Å². The Morgan fingerprint density at radius 1 is 1.43 bits per heavy atom. The second kappa shape index (κ2) is 7.99. The van der Waals surface area contributed by atoms with Crippen molar-refractivity contribution in [3.05, 3.63) is 33.8 Å². The van der Waals surface area contributed by atoms with Crippen LogP contribution in [0.2, 0.25) is 10.0 Å². The number of benzene rings is 1. The number of nitrogens with one attached hydrogen (secondary N) is 2. The summed E-state index contributed by atoms with van der Waals surface area (Å²) in [6, 6.07) is 5.70. The first-order chi connectivity index (χ1) is 10.1. The lowest BCUT2D eigenvalue weighted by molar-refractivity contribution is -0.119. The van der Waals surface area contributed by atoms with Crippen molar-refractivity contribution in [2.24, 2.45) is 0 Å². The molecular formula is C15H20Cl2N2O2. The van der Waals surface area contributed by atoms with Crippen molar-refractivity contribution in [3.8, 4) is 0 Å². The quantitative estimate of drug-likeness (QED) is 0.892. The monoisotopic (exact) mass is 330 g/mol. The van der Waals surface area contributed by atoms with Crippen LogP contribution in [0.25, 0.3) is 0 Å². The molecule has 1 aromatic carbocycles. The van der Waals surface area contributed by atoms with Crippen LogP contribution >= 0.6 is 23.2 Å². The molecule has 0 spiro atoms. The Balaban J connectivity index is 2.10. The van der Waals surface area contributed by atoms with Crippen molar-refractivity contribution < 1.29 is 9.53 Å². The van der Waals surface area contributed by atoms with Gasteiger partial charge in [0.15, 0.2) is 0 Å². The topological polar surface area (TPSA) is 50.4 Å². The van der Waals surface area contributed by atoms with Gasteiger partial charge < -0.3 is 15.4 Å². The van der Waals surface area contributed by atoms with Crippen molar-refractivity contribution >= 4 is 29.1 Å². The molecule has 2 N–H and O–H groups in total. The van der Waals surface area contributed by atoms with Crippen molar-refractivity contribution in [1.29, 1.82) is 0 Å². The fourth-order valence-electron chi connectivity index (χ4n) is 2.54. The van der Waals surface area contributed by atoms with Crippen LogP contribution in [0.15, 0.2) is 18.2 Å². The lowest BCUT2D eigenvalue weighted by Crippen LogP contribution is -2.31. The van der Waals surface area contributed by atoms with Gasteiger partial charge in [0, 0.05) is 32.5 Å². The summed E-state index contributed by atoms with van der Waals surface area (Å²) in [7, 11) is 0. The second-order valence-corrected chi connectivity index (χ2v) is 5.98. The van der Waals surface area contributed by atoms with E-state index in [1.807, 2.05) is 18.2 Å². The van der Waals surface area contributed by atoms with Gasteiger partial charge in [-0.1, -0.05) is 29.3 Å². The van der Waals surface area contributed by atoms with Crippen LogP contribution in [0.5, 0.6) is 0 Å². The van der Waals surface area contributed by atoms with Gasteiger partial charge in [-0.3, -0.25) is 4.79 Å². The Bertz CT molecular complexity index is 497. The third-order valence-electron chi connectivity index (χ3n) is 3.60. The van der Waals surface area contributed by atoms with Crippen molar-refractivity contribution in [2.75, 3.05) is 26.2 Å². The Morgan fingerprint density at radius 2 is 2.24 bits per heavy atom. The summed E-state index contributed by atoms with van der Waals surface area (Å²) in [5, 5.41) is 7.30. The summed E-state index contributed by atoms with van der Waals surface area (Å²) in [4.78, 5) is 11.0. The molecule has 21 heavy (non-hydrogen) atoms. The number of carbonyl (C=O) groups excluding carboxylic acids is 1. The minimum atomic E-state index is -0.0205. The maximum Gasteiger partial charge on any atom is 0.216 e. The zero-order valence-corrected chi connectivity index (χ0v) is 13.5. The van der Waals surface area contributed by atoms with E-state index in [1.165, 1.54) is 6.92 Å². The SMILES string of the molecule is CC(=O)NCC[C@@H]1OCCNC[C@@H]1c1ccc(Cl)c(Cl)c1. The molecule has 0 unspecified atom stereocenters. The third-order valence-corrected chi connectivity index (χ3v) is 4.34. The molecule has 0 saturated carbocycles. The van der Waals surface area contributed by atoms with Gasteiger partial charge in [0.2, 0.25) is 5.91 Å². The molecule has 1 aromatic rings. The van der Waals surface area contributed by atoms with E-state index in [0.717, 1.165) is 25.1 Å². The summed E-state index contributed by atoms with van der Waals surface area (Å²) in [5.41, 5.74) is 1.10. The van der Waals surface area contributed by atoms with E-state index < -0.39 is 0 Å². The van der Waals surface area contributed by atoms with Crippen molar-refractivity contribution in [2.45, 2.75) is 25.4 Å². The number of halogens is 2. The minimum absolute atomic E-state index is 0.0205. The van der Waals surface area contributed by atoms with Gasteiger partial charge >= 0.3 is 0 Å². The fraction of sp³-hybridized carbons (Fsp3) is 0.533. The zero-order chi connectivity index (χ0) is 15.2. The number of ether oxygens (including phenoxy) is 1. The van der Waals surface area contributed by atoms with Gasteiger partial charge in [-0.15, -0.1) is 0 Å². The lowest BCUT2D eigenvalue weighted by Gasteiger charge is -2.25. The second-order valence-electron chi connectivity index (χ2n) is 5.17. The molecule has 4 nitrogen and oxygen atoms in total. The Hall–Kier alpha value is -0.810. The molecule has 0 aromatic heterocycles. The Morgan fingerprint density at radius 3 is 2.95 bits per heavy atom. The normalized spacial score (nSPS) is 22.6. The van der Waals surface area contributed by atoms with Gasteiger partial charge in [-0.25, -0.2) is 0 Å². The van der Waals surface area contributed by atoms with Crippen LogP contribution in [-0.2, 0) is 9.53 Å². The maximum atomic E-state index is 11.0. The number of rotatable bonds is 4. The summed E-state index contributed by atoms with van der Waals surface area (Å²) < 4.78 is 5.93. The largest absolute Gasteiger partial charge is 0.376 e. The maximum absolute atomic E-state index is 11.0. The fourth-order valence-corrected chi connectivity index (χ4v) is 2.84. The molecule has 2 atom stereocenters. The highest BCUT2D eigenvalue weighted by Crippen LogP contribution is 2.30. The molecule has 116 valence electrons. The molecule has 0 bridgehead atoms. The van der Waals surface area contributed by atoms with E-state index in [0.29, 0.717) is 23.2 Å². The average Bonchev–Trinajstić information content (AvgIpc) is 2.67. The average molecular weight is 331 g/mol. The lowest BCUT2D eigenvalue weighted by atomic mass is 9.91. The standard InChI is InChI=1S/C15H20Cl2N2O2/c1-10(20)19-5-4-15-12(9-18-6-7-21-15)11-2-3-13(16)14(17)8-11/h2-3,8,12,15,18H,4-7,9H2,1H3,(H,19,20)/t12-,15+/m1/s1. The molecule has 1 amide bonds. The van der Waals surface area contributed by atoms with Gasteiger partial charge in [-0.2, -0.15) is 0 Å². The molecule has 1 heterocycles. The minimum Gasteiger partial charge on any atom is -0.376 e. The van der Waals surface area contributed by atoms with Crippen molar-refractivity contribution in [3.63, 3.8) is 0 Å². The molecule has 0 radical (unpaired) electrons. The number of hydrogen-bond acceptors (Lipinski definition) is 3. The first kappa shape index (κ1) is 16.6. The zero-order valence-electron chi connectivity index (χ0n) is 12.0. The Kier molecular flexibility index (Phi) is 6.30. The van der Waals surface area contributed by atoms with Gasteiger partial charge in [-0.05, 0) is 24.1 Å². The highest BCUT2D eigenvalue weighted by atomic mass is 35.5. The van der Waals surface area contributed by atoms with Crippen LogP contribution in [-0.4, -0.2) is 38.3 Å². The van der Waals surface area contributed by atoms with Crippen LogP contribution < -0.4 is 10.6 Å². The van der Waals surface area contributed by atoms with E-state index in [4.69, 9.17) is 27.9 Å². The van der Waals surface area contributed by atoms with Crippen LogP contribution in [0.1, 0.15) is 24.8 Å². The molecule has 6 heteroatoms. The molecule has 1 fully saturated rings. The number of hydrogen-bond donors (Lipinski definition) is 2. The van der Waals surface area contributed by atoms with E-state index in [2.05, 4.69) is 10.6 Å². The van der Waals surface area contributed by atoms with Crippen LogP contribution in [0.4, 0.5) is 0 Å². The van der Waals surface area contributed by atoms with E-state index >= 15 is 0 Å². The Labute approximate surface area is 135 Å². The molecule has 0 aliphatic carbocycles. The highest BCUT2D eigenvalue weighted by Gasteiger charge is 2.26. The summed E-state index contributed by atoms with van der Waals surface area (Å²) in [6.45, 7) is 4.45. The first-order valence-electron chi connectivity index (χ1n) is 7.09. The summed E-state index contributed by atoms with van der Waals surface area (Å²) in [5.74, 6) is 0.170. The summed E-state index contributed by atoms with van der Waals surface area (Å²) in [6.07, 6.45) is 0.815. The van der Waals surface area contributed by atoms with E-state index in [1.54, 1.807) is 0 Å². The molecule has 2 rings (SSSR count). The van der Waals surface area contributed by atoms with Crippen LogP contribution in [0, 0.1) is 0 Å². The molecular weight excluding hydrogens is 311 g/mol. The third kappa shape index (κ3) is 4.85. The summed E-state index contributed by atoms with van der Waals surface area (Å²) >= 11 is 12.1. The number of amides is 1. The first-order valence-corrected chi connectivity index (χ1v) is 7.85.